The summed E-state index contributed by atoms with van der Waals surface area (Å²) in [5, 5.41) is 16.9. The Morgan fingerprint density at radius 3 is 2.74 bits per heavy atom. The van der Waals surface area contributed by atoms with Crippen molar-refractivity contribution in [3.63, 3.8) is 0 Å². The van der Waals surface area contributed by atoms with Crippen LogP contribution in [0.2, 0.25) is 0 Å². The van der Waals surface area contributed by atoms with Crippen LogP contribution in [0.25, 0.3) is 0 Å². The molecular formula is C27H33BrN6O. The van der Waals surface area contributed by atoms with Gasteiger partial charge in [0.2, 0.25) is 5.91 Å². The zero-order valence-corrected chi connectivity index (χ0v) is 22.1. The molecular weight excluding hydrogens is 504 g/mol. The highest BCUT2D eigenvalue weighted by molar-refractivity contribution is 9.12. The van der Waals surface area contributed by atoms with Crippen molar-refractivity contribution >= 4 is 39.4 Å². The van der Waals surface area contributed by atoms with Crippen LogP contribution in [0.4, 0.5) is 11.4 Å². The predicted octanol–water partition coefficient (Wildman–Crippen LogP) is 4.42. The first-order chi connectivity index (χ1) is 16.8. The molecule has 3 aliphatic rings. The highest BCUT2D eigenvalue weighted by Crippen LogP contribution is 2.39. The summed E-state index contributed by atoms with van der Waals surface area (Å²) < 4.78 is 0.856. The quantitative estimate of drug-likeness (QED) is 0.377. The summed E-state index contributed by atoms with van der Waals surface area (Å²) >= 11 is 3.61. The Kier molecular flexibility index (Phi) is 6.59. The van der Waals surface area contributed by atoms with Crippen molar-refractivity contribution in [1.82, 2.24) is 16.0 Å². The minimum absolute atomic E-state index is 0.0362. The van der Waals surface area contributed by atoms with Crippen LogP contribution in [0.3, 0.4) is 0 Å². The maximum Gasteiger partial charge on any atom is 0.234 e. The summed E-state index contributed by atoms with van der Waals surface area (Å²) in [6.07, 6.45) is 3.92. The Hall–Kier alpha value is -2.84. The third-order valence-corrected chi connectivity index (χ3v) is 7.86. The van der Waals surface area contributed by atoms with Crippen molar-refractivity contribution in [3.8, 4) is 0 Å². The molecule has 0 radical (unpaired) electrons. The summed E-state index contributed by atoms with van der Waals surface area (Å²) in [6, 6.07) is 12.7. The second-order valence-corrected chi connectivity index (χ2v) is 10.9. The van der Waals surface area contributed by atoms with Crippen molar-refractivity contribution in [1.29, 1.82) is 0 Å². The normalized spacial score (nSPS) is 21.4. The number of piperidine rings is 1. The van der Waals surface area contributed by atoms with E-state index in [1.54, 1.807) is 0 Å². The first kappa shape index (κ1) is 23.9. The van der Waals surface area contributed by atoms with Crippen LogP contribution in [0.1, 0.15) is 54.9 Å². The van der Waals surface area contributed by atoms with Crippen molar-refractivity contribution in [3.05, 3.63) is 69.0 Å². The minimum atomic E-state index is -0.553. The molecule has 2 aromatic rings. The summed E-state index contributed by atoms with van der Waals surface area (Å²) in [5.41, 5.74) is 6.21. The number of aryl methyl sites for hydroxylation is 1. The number of hydrogen-bond acceptors (Lipinski definition) is 6. The molecule has 1 atom stereocenters. The van der Waals surface area contributed by atoms with Gasteiger partial charge in [-0.3, -0.25) is 4.79 Å². The molecule has 1 amide bonds. The van der Waals surface area contributed by atoms with Gasteiger partial charge in [0.15, 0.2) is 6.29 Å². The molecule has 0 aromatic heterocycles. The monoisotopic (exact) mass is 536 g/mol. The highest BCUT2D eigenvalue weighted by atomic mass is 79.9. The van der Waals surface area contributed by atoms with E-state index >= 15 is 0 Å². The van der Waals surface area contributed by atoms with Crippen molar-refractivity contribution in [2.24, 2.45) is 4.99 Å². The summed E-state index contributed by atoms with van der Waals surface area (Å²) in [4.78, 5) is 17.0. The van der Waals surface area contributed by atoms with E-state index in [1.807, 2.05) is 32.2 Å². The number of hydrogen-bond donors (Lipinski definition) is 5. The molecule has 184 valence electrons. The average molecular weight is 538 g/mol. The number of amides is 1. The van der Waals surface area contributed by atoms with Gasteiger partial charge >= 0.3 is 0 Å². The maximum atomic E-state index is 12.4. The smallest absolute Gasteiger partial charge is 0.234 e. The number of rotatable bonds is 6. The molecule has 8 heteroatoms. The van der Waals surface area contributed by atoms with E-state index in [1.165, 1.54) is 24.0 Å². The van der Waals surface area contributed by atoms with E-state index in [-0.39, 0.29) is 12.2 Å². The molecule has 5 rings (SSSR count). The number of nitrogens with zero attached hydrogens (tertiary/aromatic N) is 1. The molecule has 0 aliphatic carbocycles. The van der Waals surface area contributed by atoms with Crippen LogP contribution >= 0.6 is 15.9 Å². The lowest BCUT2D eigenvalue weighted by Gasteiger charge is -2.27. The third-order valence-electron chi connectivity index (χ3n) is 7.26. The van der Waals surface area contributed by atoms with E-state index in [0.29, 0.717) is 12.5 Å². The number of allylic oxidation sites excluding steroid dienone is 1. The van der Waals surface area contributed by atoms with Crippen LogP contribution in [-0.4, -0.2) is 31.5 Å². The number of carbonyl (C=O) groups is 1. The Morgan fingerprint density at radius 2 is 1.97 bits per heavy atom. The number of benzene rings is 2. The van der Waals surface area contributed by atoms with E-state index < -0.39 is 5.41 Å². The first-order valence-electron chi connectivity index (χ1n) is 12.3. The largest absolute Gasteiger partial charge is 0.367 e. The van der Waals surface area contributed by atoms with Crippen molar-refractivity contribution in [2.75, 3.05) is 23.7 Å². The van der Waals surface area contributed by atoms with Gasteiger partial charge in [-0.2, -0.15) is 0 Å². The minimum Gasteiger partial charge on any atom is -0.367 e. The van der Waals surface area contributed by atoms with E-state index in [9.17, 15) is 4.79 Å². The SMILES string of the molecule is Cc1cc(C2CCNCC2)ccc1NC1N=CC(Br)=C(NCc2cccc3c2C(C)(C)C(=O)N3)N1. The number of halogens is 1. The van der Waals surface area contributed by atoms with Gasteiger partial charge in [-0.05, 0) is 103 Å². The maximum absolute atomic E-state index is 12.4. The van der Waals surface area contributed by atoms with Crippen molar-refractivity contribution < 1.29 is 4.79 Å². The fraction of sp³-hybridized carbons (Fsp3) is 0.407. The molecule has 1 fully saturated rings. The van der Waals surface area contributed by atoms with Gasteiger partial charge in [0.05, 0.1) is 9.90 Å². The van der Waals surface area contributed by atoms with E-state index in [4.69, 9.17) is 0 Å². The summed E-state index contributed by atoms with van der Waals surface area (Å²) in [7, 11) is 0. The van der Waals surface area contributed by atoms with Gasteiger partial charge in [0, 0.05) is 24.1 Å². The molecule has 5 N–H and O–H groups in total. The van der Waals surface area contributed by atoms with Gasteiger partial charge in [0.25, 0.3) is 0 Å². The lowest BCUT2D eigenvalue weighted by molar-refractivity contribution is -0.119. The van der Waals surface area contributed by atoms with Crippen molar-refractivity contribution in [2.45, 2.75) is 57.8 Å². The molecule has 0 saturated carbocycles. The van der Waals surface area contributed by atoms with Gasteiger partial charge in [-0.25, -0.2) is 4.99 Å². The lowest BCUT2D eigenvalue weighted by Crippen LogP contribution is -2.42. The standard InChI is InChI=1S/C27H33BrN6O/c1-16-13-18(17-9-11-29-12-10-17)7-8-21(16)33-26-31-15-20(28)24(34-26)30-14-19-5-4-6-22-23(19)27(2,3)25(35)32-22/h4-8,13,15,17,26,29-30,33-34H,9-12,14H2,1-3H3,(H,32,35). The van der Waals surface area contributed by atoms with E-state index in [2.05, 4.69) is 78.7 Å². The molecule has 7 nitrogen and oxygen atoms in total. The Morgan fingerprint density at radius 1 is 1.17 bits per heavy atom. The fourth-order valence-electron chi connectivity index (χ4n) is 5.23. The molecule has 3 heterocycles. The first-order valence-corrected chi connectivity index (χ1v) is 13.1. The zero-order valence-electron chi connectivity index (χ0n) is 20.5. The summed E-state index contributed by atoms with van der Waals surface area (Å²) in [6.45, 7) is 8.87. The molecule has 35 heavy (non-hydrogen) atoms. The van der Waals surface area contributed by atoms with Crippen LogP contribution in [-0.2, 0) is 16.8 Å². The van der Waals surface area contributed by atoms with Crippen LogP contribution < -0.4 is 26.6 Å². The molecule has 2 aromatic carbocycles. The number of fused-ring (bicyclic) bond motifs is 1. The zero-order chi connectivity index (χ0) is 24.6. The number of aliphatic imine (C=N–C) groups is 1. The van der Waals surface area contributed by atoms with Crippen LogP contribution in [0.15, 0.2) is 51.7 Å². The van der Waals surface area contributed by atoms with Crippen LogP contribution in [0.5, 0.6) is 0 Å². The van der Waals surface area contributed by atoms with Gasteiger partial charge in [-0.15, -0.1) is 0 Å². The second-order valence-electron chi connectivity index (χ2n) is 10.1. The average Bonchev–Trinajstić information content (AvgIpc) is 3.09. The Labute approximate surface area is 215 Å². The molecule has 3 aliphatic heterocycles. The molecule has 0 bridgehead atoms. The second kappa shape index (κ2) is 9.66. The predicted molar refractivity (Wildman–Crippen MR) is 146 cm³/mol. The fourth-order valence-corrected chi connectivity index (χ4v) is 5.60. The highest BCUT2D eigenvalue weighted by Gasteiger charge is 2.39. The van der Waals surface area contributed by atoms with E-state index in [0.717, 1.165) is 45.9 Å². The summed E-state index contributed by atoms with van der Waals surface area (Å²) in [5.74, 6) is 1.53. The Balaban J connectivity index is 1.25. The molecule has 0 spiro atoms. The number of nitrogens with one attached hydrogen (secondary N) is 5. The number of anilines is 2. The van der Waals surface area contributed by atoms with Gasteiger partial charge < -0.3 is 26.6 Å². The topological polar surface area (TPSA) is 89.6 Å². The number of carbonyl (C=O) groups excluding carboxylic acids is 1. The van der Waals surface area contributed by atoms with Gasteiger partial charge in [0.1, 0.15) is 5.82 Å². The van der Waals surface area contributed by atoms with Crippen LogP contribution in [0, 0.1) is 6.92 Å². The Bertz CT molecular complexity index is 1200. The molecule has 1 unspecified atom stereocenters. The molecule has 1 saturated heterocycles. The third kappa shape index (κ3) is 4.82. The van der Waals surface area contributed by atoms with Gasteiger partial charge in [-0.1, -0.05) is 24.3 Å². The lowest BCUT2D eigenvalue weighted by atomic mass is 9.83.